The van der Waals surface area contributed by atoms with Gasteiger partial charge >= 0.3 is 25.7 Å². The maximum Gasteiger partial charge on any atom is 0.472 e. The average Bonchev–Trinajstić information content (AvgIpc) is 0.758. The molecule has 0 aromatic rings. The number of aliphatic hydroxyl groups is 10. The largest absolute Gasteiger partial charge is 0.472 e. The van der Waals surface area contributed by atoms with Crippen molar-refractivity contribution in [3.8, 4) is 0 Å². The van der Waals surface area contributed by atoms with Crippen LogP contribution in [0.5, 0.6) is 0 Å². The predicted molar refractivity (Wildman–Crippen MR) is 379 cm³/mol. The van der Waals surface area contributed by atoms with Gasteiger partial charge in [0, 0.05) is 19.3 Å². The first-order valence-electron chi connectivity index (χ1n) is 39.7. The highest BCUT2D eigenvalue weighted by Crippen LogP contribution is 2.49. The minimum Gasteiger partial charge on any atom is -0.463 e. The lowest BCUT2D eigenvalue weighted by atomic mass is 9.84. The van der Waals surface area contributed by atoms with Crippen LogP contribution in [-0.2, 0) is 61.2 Å². The number of hydrogen-bond acceptors (Lipinski definition) is 23. The van der Waals surface area contributed by atoms with E-state index in [9.17, 15) is 74.9 Å². The molecule has 1 aliphatic carbocycles. The zero-order chi connectivity index (χ0) is 73.3. The molecule has 0 aromatic heterocycles. The van der Waals surface area contributed by atoms with Crippen molar-refractivity contribution in [2.24, 2.45) is 5.92 Å². The standard InChI is InChI=1S/C75H141O24P/c1-5-8-11-14-17-19-21-23-24-25-27-29-31-33-39-44-49-60(78)92-54-58-63(81)65(83)70(88)75(96-58)98-72-68(86)66(84)67(85)71(97-74-69(87)64(82)62(80)57(51-76)95-74)73(72)99-100(89,90)93-53-56(52-91-59(77)48-43-38-32-30-28-26-22-20-18-15-12-9-6-2)94-61(79)50-45-40-35-34-37-42-47-55(4)46-41-36-16-13-10-7-3/h55-58,62-76,80-88H,5-54H2,1-4H3,(H,89,90). The van der Waals surface area contributed by atoms with Crippen LogP contribution in [0.1, 0.15) is 323 Å². The molecule has 0 aromatic carbocycles. The minimum atomic E-state index is -5.70. The molecular weight excluding hydrogens is 1320 g/mol. The summed E-state index contributed by atoms with van der Waals surface area (Å²) in [6.07, 6.45) is 13.0. The Morgan fingerprint density at radius 1 is 0.380 bits per heavy atom. The smallest absolute Gasteiger partial charge is 0.463 e. The second-order valence-corrected chi connectivity index (χ2v) is 30.5. The molecule has 0 spiro atoms. The quantitative estimate of drug-likeness (QED) is 0.0117. The summed E-state index contributed by atoms with van der Waals surface area (Å²) < 4.78 is 65.2. The van der Waals surface area contributed by atoms with Gasteiger partial charge in [0.25, 0.3) is 0 Å². The molecule has 0 radical (unpaired) electrons. The molecule has 1 saturated carbocycles. The van der Waals surface area contributed by atoms with Crippen molar-refractivity contribution >= 4 is 25.7 Å². The molecule has 3 rings (SSSR count). The number of esters is 3. The third-order valence-corrected chi connectivity index (χ3v) is 21.0. The van der Waals surface area contributed by atoms with Crippen LogP contribution in [0.4, 0.5) is 0 Å². The van der Waals surface area contributed by atoms with Crippen LogP contribution in [0.15, 0.2) is 0 Å². The van der Waals surface area contributed by atoms with E-state index in [4.69, 9.17) is 42.2 Å². The SMILES string of the molecule is CCCCCCCCCCCCCCCCCCC(=O)OCC1OC(OC2C(O)C(O)C(O)C(OC3OC(CO)C(O)C(O)C3O)C2OP(=O)(O)OCC(COC(=O)CCCCCCCCCCCCCCC)OC(=O)CCCCCCCCC(C)CCCCCCCC)C(O)C(O)C1O. The van der Waals surface area contributed by atoms with Gasteiger partial charge in [-0.2, -0.15) is 0 Å². The Kier molecular flexibility index (Phi) is 51.9. The minimum absolute atomic E-state index is 0.0337. The summed E-state index contributed by atoms with van der Waals surface area (Å²) in [4.78, 5) is 51.1. The number of ether oxygens (including phenoxy) is 7. The van der Waals surface area contributed by atoms with Gasteiger partial charge in [-0.25, -0.2) is 4.57 Å². The Morgan fingerprint density at radius 2 is 0.700 bits per heavy atom. The molecule has 11 N–H and O–H groups in total. The lowest BCUT2D eigenvalue weighted by Crippen LogP contribution is -2.69. The Labute approximate surface area is 600 Å². The van der Waals surface area contributed by atoms with E-state index in [0.717, 1.165) is 89.9 Å². The van der Waals surface area contributed by atoms with Crippen LogP contribution in [0.3, 0.4) is 0 Å². The molecule has 590 valence electrons. The van der Waals surface area contributed by atoms with Gasteiger partial charge in [-0.15, -0.1) is 0 Å². The van der Waals surface area contributed by atoms with E-state index < -0.39 is 156 Å². The van der Waals surface area contributed by atoms with E-state index in [0.29, 0.717) is 25.2 Å². The molecule has 24 nitrogen and oxygen atoms in total. The highest BCUT2D eigenvalue weighted by molar-refractivity contribution is 7.47. The van der Waals surface area contributed by atoms with Crippen LogP contribution >= 0.6 is 7.82 Å². The number of phosphoric ester groups is 1. The van der Waals surface area contributed by atoms with Gasteiger partial charge in [0.05, 0.1) is 13.2 Å². The molecule has 2 saturated heterocycles. The maximum atomic E-state index is 14.4. The van der Waals surface area contributed by atoms with E-state index in [2.05, 4.69) is 27.7 Å². The number of hydrogen-bond donors (Lipinski definition) is 11. The van der Waals surface area contributed by atoms with Crippen LogP contribution in [0.2, 0.25) is 0 Å². The highest BCUT2D eigenvalue weighted by Gasteiger charge is 2.58. The van der Waals surface area contributed by atoms with Gasteiger partial charge in [-0.05, 0) is 25.2 Å². The number of carbonyl (C=O) groups excluding carboxylic acids is 3. The summed E-state index contributed by atoms with van der Waals surface area (Å²) in [5.74, 6) is -1.29. The first-order valence-corrected chi connectivity index (χ1v) is 41.2. The van der Waals surface area contributed by atoms with Crippen molar-refractivity contribution < 1.29 is 117 Å². The molecule has 3 aliphatic rings. The number of aliphatic hydroxyl groups excluding tert-OH is 10. The highest BCUT2D eigenvalue weighted by atomic mass is 31.2. The first-order chi connectivity index (χ1) is 48.2. The number of rotatable bonds is 62. The predicted octanol–water partition coefficient (Wildman–Crippen LogP) is 11.6. The van der Waals surface area contributed by atoms with Crippen molar-refractivity contribution in [3.05, 3.63) is 0 Å². The topological polar surface area (TPSA) is 374 Å². The van der Waals surface area contributed by atoms with Crippen molar-refractivity contribution in [1.82, 2.24) is 0 Å². The first kappa shape index (κ1) is 92.2. The molecule has 2 heterocycles. The maximum absolute atomic E-state index is 14.4. The van der Waals surface area contributed by atoms with E-state index in [-0.39, 0.29) is 19.3 Å². The lowest BCUT2D eigenvalue weighted by Gasteiger charge is -2.49. The monoisotopic (exact) mass is 1460 g/mol. The summed E-state index contributed by atoms with van der Waals surface area (Å²) in [5, 5.41) is 110. The van der Waals surface area contributed by atoms with Gasteiger partial charge in [0.15, 0.2) is 18.7 Å². The normalized spacial score (nSPS) is 27.6. The molecule has 0 amide bonds. The summed E-state index contributed by atoms with van der Waals surface area (Å²) in [6, 6.07) is 0. The van der Waals surface area contributed by atoms with Gasteiger partial charge in [-0.1, -0.05) is 285 Å². The van der Waals surface area contributed by atoms with Gasteiger partial charge < -0.3 is 89.1 Å². The molecule has 100 heavy (non-hydrogen) atoms. The summed E-state index contributed by atoms with van der Waals surface area (Å²) in [5.41, 5.74) is 0. The molecule has 3 fully saturated rings. The van der Waals surface area contributed by atoms with Crippen molar-refractivity contribution in [2.75, 3.05) is 26.4 Å². The molecule has 25 heteroatoms. The van der Waals surface area contributed by atoms with E-state index in [1.807, 2.05) is 0 Å². The number of phosphoric acid groups is 1. The molecular formula is C75H141O24P. The van der Waals surface area contributed by atoms with Crippen molar-refractivity contribution in [3.63, 3.8) is 0 Å². The molecule has 19 unspecified atom stereocenters. The molecule has 0 bridgehead atoms. The second-order valence-electron chi connectivity index (χ2n) is 29.1. The van der Waals surface area contributed by atoms with Crippen LogP contribution < -0.4 is 0 Å². The Balaban J connectivity index is 1.72. The summed E-state index contributed by atoms with van der Waals surface area (Å²) >= 11 is 0. The van der Waals surface area contributed by atoms with Crippen molar-refractivity contribution in [2.45, 2.75) is 427 Å². The van der Waals surface area contributed by atoms with Gasteiger partial charge in [0.2, 0.25) is 0 Å². The zero-order valence-electron chi connectivity index (χ0n) is 61.9. The Bertz CT molecular complexity index is 2080. The fourth-order valence-electron chi connectivity index (χ4n) is 13.5. The van der Waals surface area contributed by atoms with Crippen LogP contribution in [0.25, 0.3) is 0 Å². The number of carbonyl (C=O) groups is 3. The third kappa shape index (κ3) is 39.0. The fraction of sp³-hybridized carbons (Fsp3) is 0.960. The summed E-state index contributed by atoms with van der Waals surface area (Å²) in [6.45, 7) is 5.80. The van der Waals surface area contributed by atoms with Crippen LogP contribution in [0, 0.1) is 5.92 Å². The van der Waals surface area contributed by atoms with Crippen molar-refractivity contribution in [1.29, 1.82) is 0 Å². The molecule has 2 aliphatic heterocycles. The fourth-order valence-corrected chi connectivity index (χ4v) is 14.4. The van der Waals surface area contributed by atoms with E-state index >= 15 is 0 Å². The number of unbranched alkanes of at least 4 members (excludes halogenated alkanes) is 37. The Hall–Kier alpha value is -2.04. The van der Waals surface area contributed by atoms with E-state index in [1.165, 1.54) is 167 Å². The van der Waals surface area contributed by atoms with Gasteiger partial charge in [-0.3, -0.25) is 23.4 Å². The summed E-state index contributed by atoms with van der Waals surface area (Å²) in [7, 11) is -5.70. The third-order valence-electron chi connectivity index (χ3n) is 20.0. The lowest BCUT2D eigenvalue weighted by molar-refractivity contribution is -0.360. The second kappa shape index (κ2) is 56.3. The average molecular weight is 1460 g/mol. The van der Waals surface area contributed by atoms with Crippen LogP contribution in [-0.4, -0.2) is 204 Å². The molecule has 19 atom stereocenters. The van der Waals surface area contributed by atoms with Gasteiger partial charge in [0.1, 0.15) is 98.7 Å². The van der Waals surface area contributed by atoms with E-state index in [1.54, 1.807) is 0 Å². The zero-order valence-corrected chi connectivity index (χ0v) is 62.8. The Morgan fingerprint density at radius 3 is 1.08 bits per heavy atom.